The van der Waals surface area contributed by atoms with E-state index in [0.29, 0.717) is 0 Å². The highest BCUT2D eigenvalue weighted by atomic mass is 35.5. The first-order valence-corrected chi connectivity index (χ1v) is 4.28. The molecule has 18 heavy (non-hydrogen) atoms. The summed E-state index contributed by atoms with van der Waals surface area (Å²) >= 11 is 0. The predicted molar refractivity (Wildman–Crippen MR) is 51.1 cm³/mol. The van der Waals surface area contributed by atoms with E-state index in [1.807, 2.05) is 0 Å². The molecule has 1 nitrogen and oxygen atoms in total. The van der Waals surface area contributed by atoms with Crippen molar-refractivity contribution in [3.63, 3.8) is 0 Å². The molecule has 0 aliphatic rings. The summed E-state index contributed by atoms with van der Waals surface area (Å²) in [5, 5.41) is 0. The molecule has 0 saturated carbocycles. The normalized spacial score (nSPS) is 13.1. The average Bonchev–Trinajstić information content (AvgIpc) is 2.12. The highest BCUT2D eigenvalue weighted by Crippen LogP contribution is 2.32. The van der Waals surface area contributed by atoms with Crippen molar-refractivity contribution in [3.8, 4) is 0 Å². The number of benzene rings is 1. The highest BCUT2D eigenvalue weighted by Gasteiger charge is 2.34. The minimum atomic E-state index is -4.80. The number of hydrogen-bond acceptors (Lipinski definition) is 1. The van der Waals surface area contributed by atoms with Crippen molar-refractivity contribution in [1.29, 1.82) is 0 Å². The summed E-state index contributed by atoms with van der Waals surface area (Å²) in [5.74, 6) is -7.42. The van der Waals surface area contributed by atoms with Gasteiger partial charge in [0.1, 0.15) is 0 Å². The molecule has 0 amide bonds. The second-order valence-corrected chi connectivity index (χ2v) is 3.31. The van der Waals surface area contributed by atoms with Gasteiger partial charge in [-0.3, -0.25) is 0 Å². The maximum atomic E-state index is 13.0. The van der Waals surface area contributed by atoms with Crippen LogP contribution in [0.2, 0.25) is 0 Å². The van der Waals surface area contributed by atoms with Crippen molar-refractivity contribution >= 4 is 12.4 Å². The summed E-state index contributed by atoms with van der Waals surface area (Å²) in [7, 11) is 0. The van der Waals surface area contributed by atoms with Crippen LogP contribution in [0.4, 0.5) is 30.7 Å². The molecule has 0 bridgehead atoms. The van der Waals surface area contributed by atoms with E-state index in [0.717, 1.165) is 0 Å². The predicted octanol–water partition coefficient (Wildman–Crippen LogP) is 3.62. The van der Waals surface area contributed by atoms with E-state index in [9.17, 15) is 30.7 Å². The Balaban J connectivity index is 0.00000289. The Kier molecular flexibility index (Phi) is 5.42. The minimum absolute atomic E-state index is 0. The van der Waals surface area contributed by atoms with Crippen molar-refractivity contribution in [3.05, 3.63) is 34.9 Å². The molecule has 0 radical (unpaired) electrons. The van der Waals surface area contributed by atoms with E-state index < -0.39 is 47.5 Å². The maximum Gasteiger partial charge on any atom is 0.390 e. The SMILES string of the molecule is Cl.N[C@H](CC(F)(F)F)c1c(F)c(F)cc(F)c1F. The quantitative estimate of drug-likeness (QED) is 0.655. The molecule has 1 atom stereocenters. The Morgan fingerprint density at radius 1 is 1.00 bits per heavy atom. The Morgan fingerprint density at radius 3 is 1.72 bits per heavy atom. The maximum absolute atomic E-state index is 13.0. The molecule has 0 fully saturated rings. The van der Waals surface area contributed by atoms with Crippen LogP contribution >= 0.6 is 12.4 Å². The third-order valence-electron chi connectivity index (χ3n) is 1.97. The lowest BCUT2D eigenvalue weighted by Gasteiger charge is -2.16. The number of nitrogens with two attached hydrogens (primary N) is 1. The van der Waals surface area contributed by atoms with Crippen LogP contribution in [0.25, 0.3) is 0 Å². The fraction of sp³-hybridized carbons (Fsp3) is 0.333. The second-order valence-electron chi connectivity index (χ2n) is 3.31. The lowest BCUT2D eigenvalue weighted by molar-refractivity contribution is -0.138. The zero-order valence-electron chi connectivity index (χ0n) is 8.49. The zero-order chi connectivity index (χ0) is 13.4. The van der Waals surface area contributed by atoms with Crippen molar-refractivity contribution in [1.82, 2.24) is 0 Å². The van der Waals surface area contributed by atoms with Gasteiger partial charge < -0.3 is 5.73 Å². The molecule has 0 unspecified atom stereocenters. The zero-order valence-corrected chi connectivity index (χ0v) is 9.31. The van der Waals surface area contributed by atoms with Gasteiger partial charge in [-0.05, 0) is 0 Å². The van der Waals surface area contributed by atoms with E-state index in [2.05, 4.69) is 0 Å². The number of alkyl halides is 3. The third-order valence-corrected chi connectivity index (χ3v) is 1.97. The van der Waals surface area contributed by atoms with E-state index >= 15 is 0 Å². The lowest BCUT2D eigenvalue weighted by Crippen LogP contribution is -2.23. The van der Waals surface area contributed by atoms with E-state index in [1.54, 1.807) is 0 Å². The molecule has 1 rings (SSSR count). The van der Waals surface area contributed by atoms with Gasteiger partial charge in [0.05, 0.1) is 6.42 Å². The first kappa shape index (κ1) is 17.0. The summed E-state index contributed by atoms with van der Waals surface area (Å²) in [6.45, 7) is 0. The minimum Gasteiger partial charge on any atom is -0.323 e. The smallest absolute Gasteiger partial charge is 0.323 e. The summed E-state index contributed by atoms with van der Waals surface area (Å²) in [6, 6.07) is -2.31. The van der Waals surface area contributed by atoms with Gasteiger partial charge in [0.2, 0.25) is 0 Å². The van der Waals surface area contributed by atoms with E-state index in [4.69, 9.17) is 5.73 Å². The topological polar surface area (TPSA) is 26.0 Å². The molecule has 0 aliphatic carbocycles. The van der Waals surface area contributed by atoms with Gasteiger partial charge in [-0.25, -0.2) is 17.6 Å². The largest absolute Gasteiger partial charge is 0.390 e. The molecule has 0 aromatic heterocycles. The number of halogens is 8. The Morgan fingerprint density at radius 2 is 1.39 bits per heavy atom. The fourth-order valence-corrected chi connectivity index (χ4v) is 1.27. The molecule has 1 aromatic rings. The van der Waals surface area contributed by atoms with Crippen LogP contribution in [-0.2, 0) is 0 Å². The van der Waals surface area contributed by atoms with Gasteiger partial charge in [-0.15, -0.1) is 12.4 Å². The molecule has 0 aliphatic heterocycles. The number of hydrogen-bond donors (Lipinski definition) is 1. The first-order chi connectivity index (χ1) is 7.63. The second kappa shape index (κ2) is 5.75. The average molecular weight is 298 g/mol. The van der Waals surface area contributed by atoms with Crippen molar-refractivity contribution in [2.75, 3.05) is 0 Å². The van der Waals surface area contributed by atoms with Gasteiger partial charge in [0.25, 0.3) is 0 Å². The van der Waals surface area contributed by atoms with E-state index in [1.165, 1.54) is 0 Å². The van der Waals surface area contributed by atoms with E-state index in [-0.39, 0.29) is 18.5 Å². The van der Waals surface area contributed by atoms with Gasteiger partial charge in [-0.1, -0.05) is 0 Å². The molecule has 104 valence electrons. The van der Waals surface area contributed by atoms with Crippen LogP contribution in [0.3, 0.4) is 0 Å². The Hall–Kier alpha value is -1.02. The van der Waals surface area contributed by atoms with Crippen LogP contribution in [0.15, 0.2) is 6.07 Å². The summed E-state index contributed by atoms with van der Waals surface area (Å²) < 4.78 is 87.3. The van der Waals surface area contributed by atoms with Crippen LogP contribution in [-0.4, -0.2) is 6.18 Å². The van der Waals surface area contributed by atoms with Gasteiger partial charge in [-0.2, -0.15) is 13.2 Å². The molecule has 2 N–H and O–H groups in total. The van der Waals surface area contributed by atoms with Gasteiger partial charge in [0.15, 0.2) is 23.3 Å². The molecular formula is C9H7ClF7N. The molecule has 0 spiro atoms. The number of rotatable bonds is 2. The summed E-state index contributed by atoms with van der Waals surface area (Å²) in [4.78, 5) is 0. The first-order valence-electron chi connectivity index (χ1n) is 4.28. The van der Waals surface area contributed by atoms with Crippen LogP contribution in [0.5, 0.6) is 0 Å². The Labute approximate surface area is 103 Å². The molecule has 1 aromatic carbocycles. The summed E-state index contributed by atoms with van der Waals surface area (Å²) in [6.07, 6.45) is -6.59. The molecular weight excluding hydrogens is 291 g/mol. The van der Waals surface area contributed by atoms with Crippen molar-refractivity contribution in [2.45, 2.75) is 18.6 Å². The van der Waals surface area contributed by atoms with Crippen LogP contribution in [0, 0.1) is 23.3 Å². The van der Waals surface area contributed by atoms with Crippen LogP contribution in [0.1, 0.15) is 18.0 Å². The standard InChI is InChI=1S/C9H6F7N.ClH/c10-3-1-4(11)8(13)6(7(3)12)5(17)2-9(14,15)16;/h1,5H,2,17H2;1H/t5-;/m1./s1. The van der Waals surface area contributed by atoms with Crippen LogP contribution < -0.4 is 5.73 Å². The fourth-order valence-electron chi connectivity index (χ4n) is 1.27. The third kappa shape index (κ3) is 3.74. The molecule has 9 heteroatoms. The Bertz CT molecular complexity index is 406. The van der Waals surface area contributed by atoms with Gasteiger partial charge in [0, 0.05) is 17.7 Å². The molecule has 0 heterocycles. The monoisotopic (exact) mass is 297 g/mol. The molecule has 0 saturated heterocycles. The summed E-state index contributed by atoms with van der Waals surface area (Å²) in [5.41, 5.74) is 3.44. The highest BCUT2D eigenvalue weighted by molar-refractivity contribution is 5.85. The lowest BCUT2D eigenvalue weighted by atomic mass is 10.0. The van der Waals surface area contributed by atoms with Crippen molar-refractivity contribution in [2.24, 2.45) is 5.73 Å². The van der Waals surface area contributed by atoms with Crippen molar-refractivity contribution < 1.29 is 30.7 Å². The van der Waals surface area contributed by atoms with Gasteiger partial charge >= 0.3 is 6.18 Å².